The van der Waals surface area contributed by atoms with Gasteiger partial charge < -0.3 is 18.9 Å². The van der Waals surface area contributed by atoms with Crippen molar-refractivity contribution in [2.45, 2.75) is 13.8 Å². The molecular formula is C24H22N6O3. The third kappa shape index (κ3) is 3.43. The Kier molecular flexibility index (Phi) is 4.74. The zero-order chi connectivity index (χ0) is 23.3. The molecule has 0 amide bonds. The summed E-state index contributed by atoms with van der Waals surface area (Å²) in [5.74, 6) is 1.25. The minimum Gasteiger partial charge on any atom is -0.455 e. The van der Waals surface area contributed by atoms with E-state index in [2.05, 4.69) is 20.4 Å². The molecule has 166 valence electrons. The van der Waals surface area contributed by atoms with E-state index in [1.807, 2.05) is 38.1 Å². The maximum Gasteiger partial charge on any atom is 0.274 e. The molecular weight excluding hydrogens is 420 g/mol. The first-order chi connectivity index (χ1) is 15.8. The van der Waals surface area contributed by atoms with Gasteiger partial charge in [0, 0.05) is 42.9 Å². The van der Waals surface area contributed by atoms with Crippen molar-refractivity contribution >= 4 is 10.9 Å². The van der Waals surface area contributed by atoms with Crippen LogP contribution in [0.5, 0.6) is 11.5 Å². The number of aromatic amines is 2. The summed E-state index contributed by atoms with van der Waals surface area (Å²) in [6, 6.07) is 9.31. The molecule has 0 fully saturated rings. The summed E-state index contributed by atoms with van der Waals surface area (Å²) in [7, 11) is 3.36. The summed E-state index contributed by atoms with van der Waals surface area (Å²) >= 11 is 0. The zero-order valence-corrected chi connectivity index (χ0v) is 18.6. The molecule has 0 aliphatic heterocycles. The van der Waals surface area contributed by atoms with Crippen LogP contribution in [-0.2, 0) is 14.1 Å². The van der Waals surface area contributed by atoms with Crippen molar-refractivity contribution in [3.8, 4) is 34.0 Å². The van der Waals surface area contributed by atoms with Gasteiger partial charge in [0.15, 0.2) is 5.75 Å². The molecule has 9 heteroatoms. The number of rotatable bonds is 4. The van der Waals surface area contributed by atoms with Gasteiger partial charge in [-0.3, -0.25) is 14.7 Å². The second-order valence-electron chi connectivity index (χ2n) is 8.12. The number of hydrogen-bond acceptors (Lipinski definition) is 5. The van der Waals surface area contributed by atoms with E-state index in [0.29, 0.717) is 39.2 Å². The van der Waals surface area contributed by atoms with E-state index in [9.17, 15) is 9.59 Å². The van der Waals surface area contributed by atoms with Gasteiger partial charge in [-0.1, -0.05) is 23.4 Å². The fraction of sp³-hybridized carbons (Fsp3) is 0.167. The molecule has 0 radical (unpaired) electrons. The van der Waals surface area contributed by atoms with Gasteiger partial charge in [-0.05, 0) is 31.0 Å². The van der Waals surface area contributed by atoms with Crippen molar-refractivity contribution in [2.24, 2.45) is 14.1 Å². The Balaban J connectivity index is 1.78. The summed E-state index contributed by atoms with van der Waals surface area (Å²) < 4.78 is 9.34. The Morgan fingerprint density at radius 2 is 1.70 bits per heavy atom. The summed E-state index contributed by atoms with van der Waals surface area (Å²) in [4.78, 5) is 28.7. The van der Waals surface area contributed by atoms with Gasteiger partial charge in [0.25, 0.3) is 11.1 Å². The summed E-state index contributed by atoms with van der Waals surface area (Å²) in [6.07, 6.45) is 4.97. The van der Waals surface area contributed by atoms with Crippen LogP contribution in [0.25, 0.3) is 33.4 Å². The van der Waals surface area contributed by atoms with E-state index in [4.69, 9.17) is 4.74 Å². The lowest BCUT2D eigenvalue weighted by atomic mass is 10.0. The third-order valence-corrected chi connectivity index (χ3v) is 5.77. The second-order valence-corrected chi connectivity index (χ2v) is 8.12. The molecule has 1 aromatic carbocycles. The molecule has 0 saturated carbocycles. The van der Waals surface area contributed by atoms with E-state index in [-0.39, 0.29) is 11.1 Å². The van der Waals surface area contributed by atoms with E-state index < -0.39 is 0 Å². The van der Waals surface area contributed by atoms with E-state index in [1.54, 1.807) is 32.7 Å². The van der Waals surface area contributed by atoms with Crippen molar-refractivity contribution in [3.63, 3.8) is 0 Å². The molecule has 0 unspecified atom stereocenters. The Morgan fingerprint density at radius 1 is 0.939 bits per heavy atom. The minimum atomic E-state index is -0.187. The van der Waals surface area contributed by atoms with Crippen LogP contribution in [0.1, 0.15) is 11.1 Å². The number of pyridine rings is 2. The Morgan fingerprint density at radius 3 is 2.39 bits per heavy atom. The van der Waals surface area contributed by atoms with Crippen LogP contribution >= 0.6 is 0 Å². The van der Waals surface area contributed by atoms with Crippen LogP contribution in [0, 0.1) is 13.8 Å². The first-order valence-corrected chi connectivity index (χ1v) is 10.4. The highest BCUT2D eigenvalue weighted by molar-refractivity contribution is 5.98. The molecule has 0 atom stereocenters. The fourth-order valence-electron chi connectivity index (χ4n) is 3.99. The standard InChI is InChI=1S/C24H22N6O3/c1-13-6-5-7-14(2)23(13)33-20-12-29(3)21(31)9-15(20)17-11-30(4)24(32)22-16(17)8-18(26-22)19-10-25-28-27-19/h5-12,26H,1-4H3,(H,25,27,28). The van der Waals surface area contributed by atoms with Gasteiger partial charge in [0.05, 0.1) is 18.1 Å². The number of H-pyrrole nitrogens is 2. The highest BCUT2D eigenvalue weighted by Gasteiger charge is 2.19. The van der Waals surface area contributed by atoms with E-state index in [0.717, 1.165) is 16.9 Å². The number of para-hydroxylation sites is 1. The monoisotopic (exact) mass is 442 g/mol. The highest BCUT2D eigenvalue weighted by atomic mass is 16.5. The summed E-state index contributed by atoms with van der Waals surface area (Å²) in [5.41, 5.74) is 4.61. The molecule has 5 aromatic rings. The first kappa shape index (κ1) is 20.5. The zero-order valence-electron chi connectivity index (χ0n) is 18.6. The number of fused-ring (bicyclic) bond motifs is 1. The Labute approximate surface area is 188 Å². The molecule has 0 aliphatic rings. The summed E-state index contributed by atoms with van der Waals surface area (Å²) in [6.45, 7) is 3.95. The van der Waals surface area contributed by atoms with Gasteiger partial charge in [0.1, 0.15) is 17.0 Å². The number of nitrogens with one attached hydrogen (secondary N) is 2. The normalized spacial score (nSPS) is 11.3. The van der Waals surface area contributed by atoms with E-state index in [1.165, 1.54) is 15.2 Å². The number of ether oxygens (including phenoxy) is 1. The van der Waals surface area contributed by atoms with Crippen LogP contribution in [0.2, 0.25) is 0 Å². The third-order valence-electron chi connectivity index (χ3n) is 5.77. The van der Waals surface area contributed by atoms with Gasteiger partial charge in [-0.2, -0.15) is 0 Å². The van der Waals surface area contributed by atoms with Crippen LogP contribution in [0.15, 0.2) is 58.5 Å². The first-order valence-electron chi connectivity index (χ1n) is 10.4. The number of aryl methyl sites for hydroxylation is 4. The van der Waals surface area contributed by atoms with Crippen molar-refractivity contribution in [1.29, 1.82) is 0 Å². The van der Waals surface area contributed by atoms with Gasteiger partial charge in [-0.15, -0.1) is 5.10 Å². The molecule has 0 aliphatic carbocycles. The lowest BCUT2D eigenvalue weighted by Crippen LogP contribution is -2.18. The van der Waals surface area contributed by atoms with Crippen LogP contribution in [0.3, 0.4) is 0 Å². The average Bonchev–Trinajstić information content (AvgIpc) is 3.46. The smallest absolute Gasteiger partial charge is 0.274 e. The van der Waals surface area contributed by atoms with Crippen molar-refractivity contribution < 1.29 is 4.74 Å². The van der Waals surface area contributed by atoms with Gasteiger partial charge >= 0.3 is 0 Å². The topological polar surface area (TPSA) is 111 Å². The minimum absolute atomic E-state index is 0.186. The molecule has 0 saturated heterocycles. The number of hydrogen-bond donors (Lipinski definition) is 2. The largest absolute Gasteiger partial charge is 0.455 e. The lowest BCUT2D eigenvalue weighted by molar-refractivity contribution is 0.470. The maximum atomic E-state index is 12.9. The number of nitrogens with zero attached hydrogens (tertiary/aromatic N) is 4. The maximum absolute atomic E-state index is 12.9. The van der Waals surface area contributed by atoms with Gasteiger partial charge in [-0.25, -0.2) is 0 Å². The quantitative estimate of drug-likeness (QED) is 0.443. The van der Waals surface area contributed by atoms with Crippen molar-refractivity contribution in [1.82, 2.24) is 29.5 Å². The average molecular weight is 442 g/mol. The highest BCUT2D eigenvalue weighted by Crippen LogP contribution is 2.38. The molecule has 0 spiro atoms. The SMILES string of the molecule is Cc1cccc(C)c1Oc1cn(C)c(=O)cc1-c1cn(C)c(=O)c2[nH]c(-c3cnn[nH]3)cc12. The molecule has 9 nitrogen and oxygen atoms in total. The number of aromatic nitrogens is 6. The van der Waals surface area contributed by atoms with Crippen LogP contribution < -0.4 is 15.9 Å². The molecule has 5 rings (SSSR count). The van der Waals surface area contributed by atoms with Crippen molar-refractivity contribution in [3.05, 3.63) is 80.8 Å². The summed E-state index contributed by atoms with van der Waals surface area (Å²) in [5, 5.41) is 11.0. The molecule has 0 bridgehead atoms. The second kappa shape index (κ2) is 7.63. The Bertz CT molecular complexity index is 1600. The van der Waals surface area contributed by atoms with Gasteiger partial charge in [0.2, 0.25) is 0 Å². The molecule has 4 aromatic heterocycles. The Hall–Kier alpha value is -4.40. The molecule has 2 N–H and O–H groups in total. The predicted molar refractivity (Wildman–Crippen MR) is 126 cm³/mol. The molecule has 33 heavy (non-hydrogen) atoms. The van der Waals surface area contributed by atoms with Crippen LogP contribution in [0.4, 0.5) is 0 Å². The lowest BCUT2D eigenvalue weighted by Gasteiger charge is -2.17. The van der Waals surface area contributed by atoms with Crippen molar-refractivity contribution in [2.75, 3.05) is 0 Å². The molecule has 4 heterocycles. The van der Waals surface area contributed by atoms with Crippen LogP contribution in [-0.4, -0.2) is 29.5 Å². The fourth-order valence-corrected chi connectivity index (χ4v) is 3.99. The predicted octanol–water partition coefficient (Wildman–Crippen LogP) is 3.43. The number of benzene rings is 1. The van der Waals surface area contributed by atoms with E-state index >= 15 is 0 Å².